The Bertz CT molecular complexity index is 2400. The maximum Gasteiger partial charge on any atom is 0.164 e. The van der Waals surface area contributed by atoms with Gasteiger partial charge in [0.05, 0.1) is 0 Å². The molecule has 0 fully saturated rings. The van der Waals surface area contributed by atoms with E-state index >= 15 is 0 Å². The van der Waals surface area contributed by atoms with Gasteiger partial charge < -0.3 is 9.80 Å². The van der Waals surface area contributed by atoms with Crippen LogP contribution in [0.15, 0.2) is 174 Å². The molecule has 0 N–H and O–H groups in total. The van der Waals surface area contributed by atoms with E-state index in [1.807, 2.05) is 91.0 Å². The molecule has 0 aliphatic heterocycles. The molecule has 0 amide bonds. The normalized spacial score (nSPS) is 10.9. The van der Waals surface area contributed by atoms with Crippen LogP contribution >= 0.6 is 0 Å². The summed E-state index contributed by atoms with van der Waals surface area (Å²) in [6.45, 7) is 8.68. The Hall–Kier alpha value is -7.26. The largest absolute Gasteiger partial charge is 0.320 e. The minimum Gasteiger partial charge on any atom is -0.320 e. The van der Waals surface area contributed by atoms with Gasteiger partial charge in [0.2, 0.25) is 0 Å². The van der Waals surface area contributed by atoms with Crippen LogP contribution in [0.25, 0.3) is 28.2 Å². The number of aliphatic imine (C=N–C) groups is 2. The first-order valence-corrected chi connectivity index (χ1v) is 17.2. The zero-order chi connectivity index (χ0) is 36.0. The Morgan fingerprint density at radius 1 is 0.528 bits per heavy atom. The van der Waals surface area contributed by atoms with Crippen LogP contribution in [0.2, 0.25) is 0 Å². The number of fused-ring (bicyclic) bond motifs is 1. The van der Waals surface area contributed by atoms with Crippen molar-refractivity contribution in [2.24, 2.45) is 9.98 Å². The van der Waals surface area contributed by atoms with E-state index in [0.29, 0.717) is 36.1 Å². The summed E-state index contributed by atoms with van der Waals surface area (Å²) < 4.78 is 2.12. The summed E-state index contributed by atoms with van der Waals surface area (Å²) in [4.78, 5) is 32.5. The molecule has 0 saturated heterocycles. The van der Waals surface area contributed by atoms with E-state index in [2.05, 4.69) is 92.4 Å². The standard InChI is InChI=1S/C44H35N9/c1-45-38-21-12-24-47-42(38)51(35-15-6-3-7-16-35)30-32-27-33(31-52(36-17-8-4-9-18-36)43-39(46-2)22-13-25-48-43)29-34(28-32)41-50-40-23-14-26-49-44(40)53(41)37-19-10-5-11-20-37/h3-29H,1-2,30-31H2. The number of hydrogen-bond acceptors (Lipinski definition) is 8. The fraction of sp³-hybridized carbons (Fsp3) is 0.0455. The lowest BCUT2D eigenvalue weighted by molar-refractivity contribution is 0.921. The predicted octanol–water partition coefficient (Wildman–Crippen LogP) is 10.2. The monoisotopic (exact) mass is 689 g/mol. The van der Waals surface area contributed by atoms with Crippen molar-refractivity contribution in [2.45, 2.75) is 13.1 Å². The highest BCUT2D eigenvalue weighted by molar-refractivity contribution is 5.81. The van der Waals surface area contributed by atoms with Crippen molar-refractivity contribution < 1.29 is 0 Å². The first-order valence-electron chi connectivity index (χ1n) is 17.2. The lowest BCUT2D eigenvalue weighted by atomic mass is 10.0. The lowest BCUT2D eigenvalue weighted by Gasteiger charge is -2.27. The number of pyridine rings is 3. The first-order chi connectivity index (χ1) is 26.2. The third-order valence-electron chi connectivity index (χ3n) is 8.94. The van der Waals surface area contributed by atoms with Crippen molar-refractivity contribution >= 4 is 59.0 Å². The Morgan fingerprint density at radius 3 is 1.55 bits per heavy atom. The van der Waals surface area contributed by atoms with Crippen molar-refractivity contribution in [3.8, 4) is 17.1 Å². The molecule has 0 bridgehead atoms. The molecule has 9 heteroatoms. The number of para-hydroxylation sites is 3. The quantitative estimate of drug-likeness (QED) is 0.119. The van der Waals surface area contributed by atoms with Gasteiger partial charge in [-0.15, -0.1) is 0 Å². The van der Waals surface area contributed by atoms with Crippen molar-refractivity contribution in [3.05, 3.63) is 175 Å². The first kappa shape index (κ1) is 32.9. The molecular formula is C44H35N9. The highest BCUT2D eigenvalue weighted by atomic mass is 15.2. The van der Waals surface area contributed by atoms with Gasteiger partial charge in [-0.1, -0.05) is 60.7 Å². The number of nitrogens with zero attached hydrogens (tertiary/aromatic N) is 9. The Morgan fingerprint density at radius 2 is 1.02 bits per heavy atom. The van der Waals surface area contributed by atoms with E-state index in [9.17, 15) is 0 Å². The zero-order valence-electron chi connectivity index (χ0n) is 28.9. The summed E-state index contributed by atoms with van der Waals surface area (Å²) >= 11 is 0. The van der Waals surface area contributed by atoms with E-state index in [1.54, 1.807) is 18.6 Å². The third kappa shape index (κ3) is 6.79. The number of imidazole rings is 1. The molecule has 0 atom stereocenters. The molecular weight excluding hydrogens is 655 g/mol. The van der Waals surface area contributed by atoms with E-state index in [4.69, 9.17) is 19.9 Å². The van der Waals surface area contributed by atoms with E-state index < -0.39 is 0 Å². The Kier molecular flexibility index (Phi) is 9.27. The van der Waals surface area contributed by atoms with Gasteiger partial charge in [0.1, 0.15) is 22.7 Å². The molecule has 4 aromatic heterocycles. The number of anilines is 4. The maximum absolute atomic E-state index is 5.19. The van der Waals surface area contributed by atoms with Gasteiger partial charge in [0.15, 0.2) is 17.3 Å². The molecule has 4 aromatic carbocycles. The van der Waals surface area contributed by atoms with Crippen LogP contribution in [-0.4, -0.2) is 37.9 Å². The van der Waals surface area contributed by atoms with Gasteiger partial charge in [-0.05, 0) is 109 Å². The molecule has 0 radical (unpaired) electrons. The average Bonchev–Trinajstić information content (AvgIpc) is 3.63. The van der Waals surface area contributed by atoms with Crippen LogP contribution in [0.1, 0.15) is 11.1 Å². The summed E-state index contributed by atoms with van der Waals surface area (Å²) in [7, 11) is 0. The number of aromatic nitrogens is 5. The Balaban J connectivity index is 1.34. The van der Waals surface area contributed by atoms with Crippen molar-refractivity contribution in [1.82, 2.24) is 24.5 Å². The SMILES string of the molecule is C=Nc1cccnc1N(Cc1cc(CN(c2ccccc2)c2ncccc2N=C)cc(-c2nc3cccnc3n2-c2ccccc2)c1)c1ccccc1. The molecule has 9 nitrogen and oxygen atoms in total. The van der Waals surface area contributed by atoms with Crippen LogP contribution < -0.4 is 9.80 Å². The smallest absolute Gasteiger partial charge is 0.164 e. The zero-order valence-corrected chi connectivity index (χ0v) is 28.9. The second-order valence-corrected chi connectivity index (χ2v) is 12.3. The van der Waals surface area contributed by atoms with E-state index in [0.717, 1.165) is 50.7 Å². The van der Waals surface area contributed by atoms with E-state index in [-0.39, 0.29) is 0 Å². The summed E-state index contributed by atoms with van der Waals surface area (Å²) in [5.41, 5.74) is 8.91. The molecule has 0 aliphatic rings. The molecule has 0 spiro atoms. The molecule has 0 aliphatic carbocycles. The van der Waals surface area contributed by atoms with Crippen LogP contribution in [0.3, 0.4) is 0 Å². The Labute approximate surface area is 308 Å². The molecule has 53 heavy (non-hydrogen) atoms. The fourth-order valence-electron chi connectivity index (χ4n) is 6.60. The van der Waals surface area contributed by atoms with Gasteiger partial charge in [-0.25, -0.2) is 19.9 Å². The molecule has 8 rings (SSSR count). The van der Waals surface area contributed by atoms with Crippen molar-refractivity contribution in [1.29, 1.82) is 0 Å². The van der Waals surface area contributed by atoms with Gasteiger partial charge in [0.25, 0.3) is 0 Å². The van der Waals surface area contributed by atoms with Crippen LogP contribution in [0.4, 0.5) is 34.4 Å². The highest BCUT2D eigenvalue weighted by Crippen LogP contribution is 2.37. The lowest BCUT2D eigenvalue weighted by Crippen LogP contribution is -2.20. The molecule has 4 heterocycles. The summed E-state index contributed by atoms with van der Waals surface area (Å²) in [6.07, 6.45) is 5.38. The average molecular weight is 690 g/mol. The van der Waals surface area contributed by atoms with Gasteiger partial charge in [-0.2, -0.15) is 0 Å². The molecule has 0 saturated carbocycles. The van der Waals surface area contributed by atoms with Crippen LogP contribution in [0, 0.1) is 0 Å². The highest BCUT2D eigenvalue weighted by Gasteiger charge is 2.21. The molecule has 8 aromatic rings. The summed E-state index contributed by atoms with van der Waals surface area (Å²) in [5.74, 6) is 2.20. The second kappa shape index (κ2) is 14.9. The molecule has 0 unspecified atom stereocenters. The molecule has 256 valence electrons. The van der Waals surface area contributed by atoms with E-state index in [1.165, 1.54) is 0 Å². The maximum atomic E-state index is 5.19. The topological polar surface area (TPSA) is 87.7 Å². The summed E-state index contributed by atoms with van der Waals surface area (Å²) in [6, 6.07) is 48.8. The minimum absolute atomic E-state index is 0.489. The number of hydrogen-bond donors (Lipinski definition) is 0. The van der Waals surface area contributed by atoms with Crippen LogP contribution in [-0.2, 0) is 13.1 Å². The fourth-order valence-corrected chi connectivity index (χ4v) is 6.60. The van der Waals surface area contributed by atoms with Gasteiger partial charge in [-0.3, -0.25) is 14.6 Å². The van der Waals surface area contributed by atoms with Crippen molar-refractivity contribution in [2.75, 3.05) is 9.80 Å². The van der Waals surface area contributed by atoms with Gasteiger partial charge in [0, 0.05) is 54.3 Å². The number of rotatable bonds is 12. The minimum atomic E-state index is 0.489. The third-order valence-corrected chi connectivity index (χ3v) is 8.94. The summed E-state index contributed by atoms with van der Waals surface area (Å²) in [5, 5.41) is 0. The van der Waals surface area contributed by atoms with Crippen LogP contribution in [0.5, 0.6) is 0 Å². The predicted molar refractivity (Wildman–Crippen MR) is 216 cm³/mol. The number of benzene rings is 4. The van der Waals surface area contributed by atoms with Gasteiger partial charge >= 0.3 is 0 Å². The second-order valence-electron chi connectivity index (χ2n) is 12.3. The van der Waals surface area contributed by atoms with Crippen molar-refractivity contribution in [3.63, 3.8) is 0 Å².